The van der Waals surface area contributed by atoms with Crippen LogP contribution in [-0.2, 0) is 4.74 Å². The maximum atomic E-state index is 5.71. The predicted molar refractivity (Wildman–Crippen MR) is 67.5 cm³/mol. The average molecular weight is 247 g/mol. The van der Waals surface area contributed by atoms with Gasteiger partial charge in [-0.2, -0.15) is 0 Å². The van der Waals surface area contributed by atoms with Crippen molar-refractivity contribution in [2.45, 2.75) is 38.3 Å². The quantitative estimate of drug-likeness (QED) is 0.871. The van der Waals surface area contributed by atoms with Crippen LogP contribution in [0.1, 0.15) is 26.7 Å². The Morgan fingerprint density at radius 2 is 2.39 bits per heavy atom. The monoisotopic (exact) mass is 247 g/mol. The van der Waals surface area contributed by atoms with Gasteiger partial charge in [0.15, 0.2) is 5.82 Å². The van der Waals surface area contributed by atoms with Gasteiger partial charge in [0.25, 0.3) is 0 Å². The Labute approximate surface area is 105 Å². The summed E-state index contributed by atoms with van der Waals surface area (Å²) >= 11 is 0. The minimum atomic E-state index is -0.0747. The van der Waals surface area contributed by atoms with Crippen molar-refractivity contribution in [2.75, 3.05) is 11.9 Å². The first-order chi connectivity index (χ1) is 8.64. The Kier molecular flexibility index (Phi) is 2.66. The molecule has 1 saturated heterocycles. The molecule has 1 unspecified atom stereocenters. The van der Waals surface area contributed by atoms with Crippen molar-refractivity contribution in [1.82, 2.24) is 19.6 Å². The molecule has 18 heavy (non-hydrogen) atoms. The average Bonchev–Trinajstić information content (AvgIpc) is 2.77. The highest BCUT2D eigenvalue weighted by Gasteiger charge is 2.29. The maximum absolute atomic E-state index is 5.71. The second-order valence-corrected chi connectivity index (χ2v) is 5.28. The van der Waals surface area contributed by atoms with E-state index in [0.717, 1.165) is 30.9 Å². The molecule has 0 aromatic carbocycles. The highest BCUT2D eigenvalue weighted by atomic mass is 16.5. The van der Waals surface area contributed by atoms with Crippen LogP contribution in [0.4, 0.5) is 5.82 Å². The second-order valence-electron chi connectivity index (χ2n) is 5.28. The van der Waals surface area contributed by atoms with Crippen molar-refractivity contribution in [1.29, 1.82) is 0 Å². The Bertz CT molecular complexity index is 550. The van der Waals surface area contributed by atoms with Crippen molar-refractivity contribution in [3.63, 3.8) is 0 Å². The first kappa shape index (κ1) is 11.4. The number of hydrogen-bond acceptors (Lipinski definition) is 5. The van der Waals surface area contributed by atoms with Crippen molar-refractivity contribution < 1.29 is 4.74 Å². The van der Waals surface area contributed by atoms with Gasteiger partial charge in [-0.1, -0.05) is 0 Å². The molecule has 2 aromatic heterocycles. The van der Waals surface area contributed by atoms with E-state index < -0.39 is 0 Å². The summed E-state index contributed by atoms with van der Waals surface area (Å²) in [5.41, 5.74) is 0.691. The third-order valence-electron chi connectivity index (χ3n) is 3.25. The molecule has 1 atom stereocenters. The molecule has 6 nitrogen and oxygen atoms in total. The fourth-order valence-corrected chi connectivity index (χ4v) is 2.41. The van der Waals surface area contributed by atoms with E-state index in [2.05, 4.69) is 34.3 Å². The van der Waals surface area contributed by atoms with Crippen molar-refractivity contribution in [3.8, 4) is 0 Å². The molecule has 1 fully saturated rings. The molecule has 1 N–H and O–H groups in total. The summed E-state index contributed by atoms with van der Waals surface area (Å²) in [5, 5.41) is 11.4. The number of rotatable bonds is 2. The van der Waals surface area contributed by atoms with Crippen LogP contribution >= 0.6 is 0 Å². The number of nitrogens with zero attached hydrogens (tertiary/aromatic N) is 4. The summed E-state index contributed by atoms with van der Waals surface area (Å²) in [6, 6.07) is 0.365. The fraction of sp³-hybridized carbons (Fsp3) is 0.583. The van der Waals surface area contributed by atoms with Gasteiger partial charge in [0.05, 0.1) is 5.60 Å². The molecule has 6 heteroatoms. The molecule has 1 aliphatic heterocycles. The van der Waals surface area contributed by atoms with E-state index in [1.54, 1.807) is 12.5 Å². The normalized spacial score (nSPS) is 23.1. The van der Waals surface area contributed by atoms with Crippen LogP contribution in [0.25, 0.3) is 5.65 Å². The molecule has 2 aromatic rings. The van der Waals surface area contributed by atoms with E-state index in [1.807, 2.05) is 10.6 Å². The first-order valence-corrected chi connectivity index (χ1v) is 6.19. The van der Waals surface area contributed by atoms with E-state index in [0.29, 0.717) is 6.04 Å². The minimum Gasteiger partial charge on any atom is -0.375 e. The number of aromatic nitrogens is 4. The first-order valence-electron chi connectivity index (χ1n) is 6.19. The zero-order chi connectivity index (χ0) is 12.6. The lowest BCUT2D eigenvalue weighted by Crippen LogP contribution is -2.40. The molecular weight excluding hydrogens is 230 g/mol. The van der Waals surface area contributed by atoms with Crippen LogP contribution in [0, 0.1) is 0 Å². The molecule has 0 saturated carbocycles. The van der Waals surface area contributed by atoms with Crippen LogP contribution in [0.15, 0.2) is 18.7 Å². The van der Waals surface area contributed by atoms with Gasteiger partial charge >= 0.3 is 0 Å². The van der Waals surface area contributed by atoms with Crippen LogP contribution in [0.5, 0.6) is 0 Å². The van der Waals surface area contributed by atoms with Crippen LogP contribution in [-0.4, -0.2) is 37.8 Å². The summed E-state index contributed by atoms with van der Waals surface area (Å²) in [6.07, 6.45) is 7.22. The standard InChI is InChI=1S/C12H17N5O/c1-12(2)7-9(3-6-18-12)15-10-11-16-14-8-17(11)5-4-13-10/h4-5,8-9H,3,6-7H2,1-2H3,(H,13,15). The molecule has 3 heterocycles. The minimum absolute atomic E-state index is 0.0747. The molecule has 0 aliphatic carbocycles. The Balaban J connectivity index is 1.82. The number of fused-ring (bicyclic) bond motifs is 1. The third-order valence-corrected chi connectivity index (χ3v) is 3.25. The molecule has 0 bridgehead atoms. The van der Waals surface area contributed by atoms with Crippen molar-refractivity contribution in [3.05, 3.63) is 18.7 Å². The molecule has 0 amide bonds. The predicted octanol–water partition coefficient (Wildman–Crippen LogP) is 1.49. The van der Waals surface area contributed by atoms with Crippen molar-refractivity contribution >= 4 is 11.5 Å². The topological polar surface area (TPSA) is 64.3 Å². The van der Waals surface area contributed by atoms with Crippen LogP contribution in [0.3, 0.4) is 0 Å². The summed E-state index contributed by atoms with van der Waals surface area (Å²) < 4.78 is 7.57. The number of hydrogen-bond donors (Lipinski definition) is 1. The summed E-state index contributed by atoms with van der Waals surface area (Å²) in [7, 11) is 0. The van der Waals surface area contributed by atoms with E-state index in [-0.39, 0.29) is 5.60 Å². The van der Waals surface area contributed by atoms with E-state index in [9.17, 15) is 0 Å². The number of ether oxygens (including phenoxy) is 1. The molecule has 96 valence electrons. The number of anilines is 1. The largest absolute Gasteiger partial charge is 0.375 e. The van der Waals surface area contributed by atoms with Gasteiger partial charge in [-0.3, -0.25) is 4.40 Å². The van der Waals surface area contributed by atoms with Gasteiger partial charge in [-0.05, 0) is 26.7 Å². The van der Waals surface area contributed by atoms with Gasteiger partial charge < -0.3 is 10.1 Å². The van der Waals surface area contributed by atoms with Gasteiger partial charge in [-0.15, -0.1) is 10.2 Å². The lowest BCUT2D eigenvalue weighted by molar-refractivity contribution is -0.0553. The Morgan fingerprint density at radius 3 is 3.22 bits per heavy atom. The van der Waals surface area contributed by atoms with Gasteiger partial charge in [-0.25, -0.2) is 4.98 Å². The molecule has 1 aliphatic rings. The van der Waals surface area contributed by atoms with E-state index in [4.69, 9.17) is 4.74 Å². The second kappa shape index (κ2) is 4.20. The maximum Gasteiger partial charge on any atom is 0.203 e. The highest BCUT2D eigenvalue weighted by Crippen LogP contribution is 2.26. The molecular formula is C12H17N5O. The van der Waals surface area contributed by atoms with Gasteiger partial charge in [0.1, 0.15) is 6.33 Å². The van der Waals surface area contributed by atoms with E-state index >= 15 is 0 Å². The fourth-order valence-electron chi connectivity index (χ4n) is 2.41. The molecule has 0 radical (unpaired) electrons. The third kappa shape index (κ3) is 2.15. The summed E-state index contributed by atoms with van der Waals surface area (Å²) in [5.74, 6) is 0.790. The summed E-state index contributed by atoms with van der Waals surface area (Å²) in [4.78, 5) is 4.35. The van der Waals surface area contributed by atoms with Crippen molar-refractivity contribution in [2.24, 2.45) is 0 Å². The van der Waals surface area contributed by atoms with E-state index in [1.165, 1.54) is 0 Å². The van der Waals surface area contributed by atoms with Crippen LogP contribution in [0.2, 0.25) is 0 Å². The van der Waals surface area contributed by atoms with Gasteiger partial charge in [0, 0.05) is 25.0 Å². The van der Waals surface area contributed by atoms with Gasteiger partial charge in [0.2, 0.25) is 5.65 Å². The molecule has 3 rings (SSSR count). The Hall–Kier alpha value is -1.69. The molecule has 0 spiro atoms. The Morgan fingerprint density at radius 1 is 1.50 bits per heavy atom. The number of nitrogens with one attached hydrogen (secondary N) is 1. The highest BCUT2D eigenvalue weighted by molar-refractivity contribution is 5.61. The zero-order valence-corrected chi connectivity index (χ0v) is 10.6. The lowest BCUT2D eigenvalue weighted by Gasteiger charge is -2.35. The lowest BCUT2D eigenvalue weighted by atomic mass is 9.94. The van der Waals surface area contributed by atoms with Crippen LogP contribution < -0.4 is 5.32 Å². The smallest absolute Gasteiger partial charge is 0.203 e. The SMILES string of the molecule is CC1(C)CC(Nc2nccn3cnnc23)CCO1. The zero-order valence-electron chi connectivity index (χ0n) is 10.6. The summed E-state index contributed by atoms with van der Waals surface area (Å²) in [6.45, 7) is 5.01.